The lowest BCUT2D eigenvalue weighted by Gasteiger charge is -2.21. The van der Waals surface area contributed by atoms with Gasteiger partial charge in [0, 0.05) is 42.5 Å². The number of rotatable bonds is 4. The first kappa shape index (κ1) is 21.4. The lowest BCUT2D eigenvalue weighted by molar-refractivity contribution is 0.102. The zero-order valence-corrected chi connectivity index (χ0v) is 17.9. The van der Waals surface area contributed by atoms with Gasteiger partial charge in [0.25, 0.3) is 5.91 Å². The molecule has 3 aromatic rings. The lowest BCUT2D eigenvalue weighted by Crippen LogP contribution is -2.35. The van der Waals surface area contributed by atoms with Crippen molar-refractivity contribution in [3.8, 4) is 0 Å². The highest BCUT2D eigenvalue weighted by molar-refractivity contribution is 7.89. The van der Waals surface area contributed by atoms with Gasteiger partial charge in [-0.2, -0.15) is 4.31 Å². The maximum atomic E-state index is 14.5. The van der Waals surface area contributed by atoms with E-state index >= 15 is 0 Å². The maximum Gasteiger partial charge on any atom is 0.255 e. The molecule has 0 bridgehead atoms. The Bertz CT molecular complexity index is 1230. The van der Waals surface area contributed by atoms with Crippen LogP contribution in [0.2, 0.25) is 0 Å². The van der Waals surface area contributed by atoms with E-state index in [4.69, 9.17) is 0 Å². The van der Waals surface area contributed by atoms with Crippen LogP contribution in [0.4, 0.5) is 10.1 Å². The normalized spacial score (nSPS) is 16.2. The highest BCUT2D eigenvalue weighted by Gasteiger charge is 2.29. The number of aromatic nitrogens is 1. The van der Waals surface area contributed by atoms with Gasteiger partial charge in [0.2, 0.25) is 10.0 Å². The molecule has 1 aliphatic heterocycles. The van der Waals surface area contributed by atoms with E-state index in [-0.39, 0.29) is 5.69 Å². The van der Waals surface area contributed by atoms with Crippen molar-refractivity contribution in [2.24, 2.45) is 0 Å². The number of hydrogen-bond donors (Lipinski definition) is 1. The lowest BCUT2D eigenvalue weighted by atomic mass is 10.1. The predicted octanol–water partition coefficient (Wildman–Crippen LogP) is 2.95. The molecule has 0 aliphatic carbocycles. The topological polar surface area (TPSA) is 82.6 Å². The van der Waals surface area contributed by atoms with Crippen molar-refractivity contribution in [1.29, 1.82) is 0 Å². The Labute approximate surface area is 180 Å². The second-order valence-electron chi connectivity index (χ2n) is 7.57. The fourth-order valence-corrected chi connectivity index (χ4v) is 5.15. The summed E-state index contributed by atoms with van der Waals surface area (Å²) in [6.45, 7) is 1.98. The largest absolute Gasteiger partial charge is 0.322 e. The Hall–Kier alpha value is -2.88. The zero-order valence-electron chi connectivity index (χ0n) is 17.1. The number of sulfonamides is 1. The van der Waals surface area contributed by atoms with Crippen LogP contribution in [0.15, 0.2) is 59.6 Å². The number of benzene rings is 2. The van der Waals surface area contributed by atoms with E-state index in [1.54, 1.807) is 24.4 Å². The number of likely N-dealkylation sites (N-methyl/N-ethyl adjacent to an activating group) is 1. The van der Waals surface area contributed by atoms with Gasteiger partial charge in [-0.15, -0.1) is 0 Å². The Morgan fingerprint density at radius 3 is 2.74 bits per heavy atom. The average molecular weight is 443 g/mol. The Morgan fingerprint density at radius 2 is 1.90 bits per heavy atom. The molecule has 1 aliphatic rings. The van der Waals surface area contributed by atoms with Crippen molar-refractivity contribution in [2.75, 3.05) is 38.5 Å². The summed E-state index contributed by atoms with van der Waals surface area (Å²) >= 11 is 0. The summed E-state index contributed by atoms with van der Waals surface area (Å²) in [4.78, 5) is 18.5. The van der Waals surface area contributed by atoms with Gasteiger partial charge in [0.1, 0.15) is 10.7 Å². The SMILES string of the molecule is CN1CCCN(S(=O)(=O)c2cc(NC(=O)c3ccc4cccnc4c3)ccc2F)CC1. The van der Waals surface area contributed by atoms with Gasteiger partial charge >= 0.3 is 0 Å². The number of pyridine rings is 1. The number of hydrogen-bond acceptors (Lipinski definition) is 5. The third kappa shape index (κ3) is 4.58. The summed E-state index contributed by atoms with van der Waals surface area (Å²) in [5.41, 5.74) is 1.25. The van der Waals surface area contributed by atoms with Crippen LogP contribution in [-0.2, 0) is 10.0 Å². The molecular weight excluding hydrogens is 419 g/mol. The molecular formula is C22H23FN4O3S. The molecule has 1 aromatic heterocycles. The van der Waals surface area contributed by atoms with E-state index in [1.165, 1.54) is 16.4 Å². The van der Waals surface area contributed by atoms with Crippen molar-refractivity contribution in [3.63, 3.8) is 0 Å². The van der Waals surface area contributed by atoms with E-state index < -0.39 is 26.6 Å². The molecule has 162 valence electrons. The monoisotopic (exact) mass is 442 g/mol. The Morgan fingerprint density at radius 1 is 1.06 bits per heavy atom. The molecule has 7 nitrogen and oxygen atoms in total. The molecule has 0 spiro atoms. The summed E-state index contributed by atoms with van der Waals surface area (Å²) in [5.74, 6) is -1.27. The summed E-state index contributed by atoms with van der Waals surface area (Å²) in [6, 6.07) is 12.4. The van der Waals surface area contributed by atoms with Crippen molar-refractivity contribution in [3.05, 3.63) is 66.1 Å². The number of anilines is 1. The predicted molar refractivity (Wildman–Crippen MR) is 117 cm³/mol. The van der Waals surface area contributed by atoms with Crippen molar-refractivity contribution in [2.45, 2.75) is 11.3 Å². The number of carbonyl (C=O) groups excluding carboxylic acids is 1. The van der Waals surface area contributed by atoms with Crippen LogP contribution in [0.1, 0.15) is 16.8 Å². The smallest absolute Gasteiger partial charge is 0.255 e. The highest BCUT2D eigenvalue weighted by atomic mass is 32.2. The molecule has 1 fully saturated rings. The van der Waals surface area contributed by atoms with Crippen LogP contribution >= 0.6 is 0 Å². The first-order chi connectivity index (χ1) is 14.8. The second-order valence-corrected chi connectivity index (χ2v) is 9.48. The molecule has 1 N–H and O–H groups in total. The van der Waals surface area contributed by atoms with Crippen LogP contribution in [0, 0.1) is 5.82 Å². The molecule has 1 saturated heterocycles. The molecule has 31 heavy (non-hydrogen) atoms. The third-order valence-electron chi connectivity index (χ3n) is 5.35. The first-order valence-corrected chi connectivity index (χ1v) is 11.4. The molecule has 0 saturated carbocycles. The van der Waals surface area contributed by atoms with E-state index in [2.05, 4.69) is 10.3 Å². The van der Waals surface area contributed by atoms with Gasteiger partial charge in [0.15, 0.2) is 0 Å². The van der Waals surface area contributed by atoms with Crippen LogP contribution in [0.5, 0.6) is 0 Å². The first-order valence-electron chi connectivity index (χ1n) is 9.99. The summed E-state index contributed by atoms with van der Waals surface area (Å²) in [6.07, 6.45) is 2.31. The van der Waals surface area contributed by atoms with Gasteiger partial charge in [-0.05, 0) is 56.4 Å². The molecule has 9 heteroatoms. The van der Waals surface area contributed by atoms with Crippen LogP contribution in [-0.4, -0.2) is 61.7 Å². The van der Waals surface area contributed by atoms with Crippen LogP contribution in [0.3, 0.4) is 0 Å². The molecule has 1 amide bonds. The van der Waals surface area contributed by atoms with Gasteiger partial charge in [-0.1, -0.05) is 12.1 Å². The van der Waals surface area contributed by atoms with Crippen LogP contribution in [0.25, 0.3) is 10.9 Å². The molecule has 0 radical (unpaired) electrons. The minimum Gasteiger partial charge on any atom is -0.322 e. The standard InChI is InChI=1S/C22H23FN4O3S/c1-26-10-3-11-27(13-12-26)31(29,30)21-15-18(7-8-19(21)23)25-22(28)17-6-5-16-4-2-9-24-20(16)14-17/h2,4-9,14-15H,3,10-13H2,1H3,(H,25,28). The summed E-state index contributed by atoms with van der Waals surface area (Å²) in [5, 5.41) is 3.56. The number of halogens is 1. The third-order valence-corrected chi connectivity index (χ3v) is 7.27. The van der Waals surface area contributed by atoms with Gasteiger partial charge in [-0.25, -0.2) is 12.8 Å². The average Bonchev–Trinajstić information content (AvgIpc) is 2.99. The van der Waals surface area contributed by atoms with Crippen molar-refractivity contribution in [1.82, 2.24) is 14.2 Å². The van der Waals surface area contributed by atoms with Crippen molar-refractivity contribution >= 4 is 32.5 Å². The van der Waals surface area contributed by atoms with Crippen LogP contribution < -0.4 is 5.32 Å². The second kappa shape index (κ2) is 8.70. The fraction of sp³-hybridized carbons (Fsp3) is 0.273. The molecule has 0 unspecified atom stereocenters. The minimum absolute atomic E-state index is 0.207. The van der Waals surface area contributed by atoms with Crippen molar-refractivity contribution < 1.29 is 17.6 Å². The van der Waals surface area contributed by atoms with E-state index in [0.717, 1.165) is 18.0 Å². The van der Waals surface area contributed by atoms with Gasteiger partial charge < -0.3 is 10.2 Å². The van der Waals surface area contributed by atoms with E-state index in [0.29, 0.717) is 37.1 Å². The molecule has 0 atom stereocenters. The fourth-order valence-electron chi connectivity index (χ4n) is 3.59. The maximum absolute atomic E-state index is 14.5. The Kier molecular flexibility index (Phi) is 5.99. The zero-order chi connectivity index (χ0) is 22.0. The highest BCUT2D eigenvalue weighted by Crippen LogP contribution is 2.25. The molecule has 2 heterocycles. The Balaban J connectivity index is 1.58. The quantitative estimate of drug-likeness (QED) is 0.672. The summed E-state index contributed by atoms with van der Waals surface area (Å²) in [7, 11) is -2.10. The van der Waals surface area contributed by atoms with E-state index in [1.807, 2.05) is 24.1 Å². The number of carbonyl (C=O) groups is 1. The van der Waals surface area contributed by atoms with Gasteiger partial charge in [0.05, 0.1) is 5.52 Å². The van der Waals surface area contributed by atoms with Gasteiger partial charge in [-0.3, -0.25) is 9.78 Å². The number of fused-ring (bicyclic) bond motifs is 1. The van der Waals surface area contributed by atoms with E-state index in [9.17, 15) is 17.6 Å². The molecule has 2 aromatic carbocycles. The number of nitrogens with zero attached hydrogens (tertiary/aromatic N) is 3. The number of nitrogens with one attached hydrogen (secondary N) is 1. The summed E-state index contributed by atoms with van der Waals surface area (Å²) < 4.78 is 41.9. The number of amides is 1. The minimum atomic E-state index is -4.02. The molecule has 4 rings (SSSR count).